The second kappa shape index (κ2) is 6.66. The Morgan fingerprint density at radius 2 is 1.92 bits per heavy atom. The minimum Gasteiger partial charge on any atom is -0.297 e. The van der Waals surface area contributed by atoms with Crippen molar-refractivity contribution >= 4 is 10.0 Å². The molecule has 1 aliphatic rings. The van der Waals surface area contributed by atoms with Crippen LogP contribution in [-0.2, 0) is 16.6 Å². The summed E-state index contributed by atoms with van der Waals surface area (Å²) in [4.78, 5) is 2.53. The number of aryl methyl sites for hydroxylation is 1. The number of aromatic nitrogens is 2. The van der Waals surface area contributed by atoms with Crippen LogP contribution in [0.1, 0.15) is 24.2 Å². The molecule has 1 aromatic heterocycles. The average Bonchev–Trinajstić information content (AvgIpc) is 2.97. The lowest BCUT2D eigenvalue weighted by atomic mass is 10.0. The summed E-state index contributed by atoms with van der Waals surface area (Å²) in [7, 11) is -1.48. The normalized spacial score (nSPS) is 20.4. The first-order valence-electron chi connectivity index (χ1n) is 8.23. The van der Waals surface area contributed by atoms with E-state index < -0.39 is 10.0 Å². The molecule has 0 aliphatic carbocycles. The van der Waals surface area contributed by atoms with E-state index in [2.05, 4.69) is 22.1 Å². The fourth-order valence-corrected chi connectivity index (χ4v) is 4.84. The number of nitrogens with zero attached hydrogens (tertiary/aromatic N) is 4. The van der Waals surface area contributed by atoms with Crippen LogP contribution in [0.5, 0.6) is 0 Å². The second-order valence-electron chi connectivity index (χ2n) is 6.18. The van der Waals surface area contributed by atoms with Gasteiger partial charge >= 0.3 is 0 Å². The van der Waals surface area contributed by atoms with Gasteiger partial charge < -0.3 is 0 Å². The molecule has 0 spiro atoms. The van der Waals surface area contributed by atoms with Crippen molar-refractivity contribution in [2.75, 3.05) is 26.7 Å². The minimum atomic E-state index is -3.52. The van der Waals surface area contributed by atoms with Crippen molar-refractivity contribution in [3.05, 3.63) is 47.8 Å². The molecule has 1 atom stereocenters. The van der Waals surface area contributed by atoms with Crippen LogP contribution in [0.2, 0.25) is 0 Å². The summed E-state index contributed by atoms with van der Waals surface area (Å²) in [5.41, 5.74) is 1.84. The predicted molar refractivity (Wildman–Crippen MR) is 93.2 cm³/mol. The summed E-state index contributed by atoms with van der Waals surface area (Å²) in [5.74, 6) is 0. The molecule has 0 radical (unpaired) electrons. The van der Waals surface area contributed by atoms with Gasteiger partial charge in [0.2, 0.25) is 10.0 Å². The lowest BCUT2D eigenvalue weighted by molar-refractivity contribution is 0.148. The van der Waals surface area contributed by atoms with Crippen LogP contribution in [-0.4, -0.2) is 54.1 Å². The van der Waals surface area contributed by atoms with Crippen molar-refractivity contribution < 1.29 is 8.42 Å². The zero-order valence-corrected chi connectivity index (χ0v) is 15.2. The van der Waals surface area contributed by atoms with Crippen LogP contribution in [0.15, 0.2) is 41.4 Å². The van der Waals surface area contributed by atoms with Gasteiger partial charge in [0, 0.05) is 32.2 Å². The Hall–Kier alpha value is -1.70. The van der Waals surface area contributed by atoms with Crippen LogP contribution >= 0.6 is 0 Å². The van der Waals surface area contributed by atoms with Gasteiger partial charge in [0.05, 0.1) is 11.9 Å². The standard InChI is InChI=1S/C17H24N4O2S/c1-4-21-14(2)17(12-18-21)24(22,23)20-11-10-19(3)16(13-20)15-8-6-5-7-9-15/h5-9,12,16H,4,10-11,13H2,1-3H3/t16-/m0/s1. The molecule has 6 nitrogen and oxygen atoms in total. The van der Waals surface area contributed by atoms with Gasteiger partial charge in [-0.3, -0.25) is 9.58 Å². The van der Waals surface area contributed by atoms with Crippen molar-refractivity contribution in [3.8, 4) is 0 Å². The molecule has 7 heteroatoms. The van der Waals surface area contributed by atoms with Crippen LogP contribution in [0.4, 0.5) is 0 Å². The van der Waals surface area contributed by atoms with Gasteiger partial charge in [-0.1, -0.05) is 30.3 Å². The Labute approximate surface area is 143 Å². The molecule has 0 bridgehead atoms. The maximum atomic E-state index is 13.1. The Bertz CT molecular complexity index is 801. The van der Waals surface area contributed by atoms with Gasteiger partial charge in [-0.15, -0.1) is 0 Å². The summed E-state index contributed by atoms with van der Waals surface area (Å²) < 4.78 is 29.5. The van der Waals surface area contributed by atoms with Gasteiger partial charge in [-0.25, -0.2) is 8.42 Å². The fourth-order valence-electron chi connectivity index (χ4n) is 3.24. The molecule has 0 saturated carbocycles. The number of hydrogen-bond donors (Lipinski definition) is 0. The van der Waals surface area contributed by atoms with E-state index in [1.807, 2.05) is 39.1 Å². The van der Waals surface area contributed by atoms with E-state index in [1.165, 1.54) is 6.20 Å². The highest BCUT2D eigenvalue weighted by atomic mass is 32.2. The summed E-state index contributed by atoms with van der Waals surface area (Å²) >= 11 is 0. The first kappa shape index (κ1) is 17.1. The summed E-state index contributed by atoms with van der Waals surface area (Å²) in [6.07, 6.45) is 1.48. The SMILES string of the molecule is CCn1ncc(S(=O)(=O)N2CCN(C)[C@H](c3ccccc3)C2)c1C. The van der Waals surface area contributed by atoms with Crippen LogP contribution < -0.4 is 0 Å². The molecule has 2 aromatic rings. The maximum Gasteiger partial charge on any atom is 0.246 e. The predicted octanol–water partition coefficient (Wildman–Crippen LogP) is 1.89. The van der Waals surface area contributed by atoms with Crippen LogP contribution in [0.25, 0.3) is 0 Å². The molecule has 0 unspecified atom stereocenters. The van der Waals surface area contributed by atoms with Gasteiger partial charge in [0.15, 0.2) is 0 Å². The van der Waals surface area contributed by atoms with Gasteiger partial charge in [-0.2, -0.15) is 9.40 Å². The molecule has 1 aromatic carbocycles. The smallest absolute Gasteiger partial charge is 0.246 e. The second-order valence-corrected chi connectivity index (χ2v) is 8.09. The van der Waals surface area contributed by atoms with E-state index >= 15 is 0 Å². The van der Waals surface area contributed by atoms with Crippen molar-refractivity contribution in [1.29, 1.82) is 0 Å². The van der Waals surface area contributed by atoms with Crippen LogP contribution in [0, 0.1) is 6.92 Å². The quantitative estimate of drug-likeness (QED) is 0.847. The van der Waals surface area contributed by atoms with E-state index in [0.717, 1.165) is 5.56 Å². The molecule has 3 rings (SSSR count). The lowest BCUT2D eigenvalue weighted by Crippen LogP contribution is -2.48. The van der Waals surface area contributed by atoms with Crippen molar-refractivity contribution in [1.82, 2.24) is 19.0 Å². The molecule has 24 heavy (non-hydrogen) atoms. The number of sulfonamides is 1. The van der Waals surface area contributed by atoms with Crippen molar-refractivity contribution in [2.45, 2.75) is 31.3 Å². The highest BCUT2D eigenvalue weighted by Crippen LogP contribution is 2.28. The van der Waals surface area contributed by atoms with E-state index in [4.69, 9.17) is 0 Å². The first-order valence-corrected chi connectivity index (χ1v) is 9.67. The Morgan fingerprint density at radius 3 is 2.54 bits per heavy atom. The number of piperazine rings is 1. The Morgan fingerprint density at radius 1 is 1.21 bits per heavy atom. The highest BCUT2D eigenvalue weighted by Gasteiger charge is 2.35. The summed E-state index contributed by atoms with van der Waals surface area (Å²) in [5, 5.41) is 4.19. The number of likely N-dealkylation sites (N-methyl/N-ethyl adjacent to an activating group) is 1. The molecular formula is C17H24N4O2S. The van der Waals surface area contributed by atoms with Crippen LogP contribution in [0.3, 0.4) is 0 Å². The van der Waals surface area contributed by atoms with E-state index in [9.17, 15) is 8.42 Å². The van der Waals surface area contributed by atoms with E-state index in [0.29, 0.717) is 36.8 Å². The monoisotopic (exact) mass is 348 g/mol. The first-order chi connectivity index (χ1) is 11.4. The fraction of sp³-hybridized carbons (Fsp3) is 0.471. The Kier molecular flexibility index (Phi) is 4.76. The summed E-state index contributed by atoms with van der Waals surface area (Å²) in [6.45, 7) is 6.10. The third-order valence-electron chi connectivity index (χ3n) is 4.77. The van der Waals surface area contributed by atoms with Gasteiger partial charge in [0.1, 0.15) is 4.90 Å². The Balaban J connectivity index is 1.90. The summed E-state index contributed by atoms with van der Waals surface area (Å²) in [6, 6.07) is 10.1. The van der Waals surface area contributed by atoms with Crippen molar-refractivity contribution in [2.24, 2.45) is 0 Å². The van der Waals surface area contributed by atoms with Gasteiger partial charge in [-0.05, 0) is 26.5 Å². The molecule has 130 valence electrons. The highest BCUT2D eigenvalue weighted by molar-refractivity contribution is 7.89. The zero-order chi connectivity index (χ0) is 17.3. The average molecular weight is 348 g/mol. The third-order valence-corrected chi connectivity index (χ3v) is 6.74. The molecule has 0 N–H and O–H groups in total. The molecule has 1 aliphatic heterocycles. The topological polar surface area (TPSA) is 58.4 Å². The number of hydrogen-bond acceptors (Lipinski definition) is 4. The molecular weight excluding hydrogens is 324 g/mol. The number of rotatable bonds is 4. The maximum absolute atomic E-state index is 13.1. The van der Waals surface area contributed by atoms with E-state index in [1.54, 1.807) is 8.99 Å². The molecule has 2 heterocycles. The van der Waals surface area contributed by atoms with Gasteiger partial charge in [0.25, 0.3) is 0 Å². The third kappa shape index (κ3) is 2.99. The zero-order valence-electron chi connectivity index (χ0n) is 14.4. The lowest BCUT2D eigenvalue weighted by Gasteiger charge is -2.38. The molecule has 1 saturated heterocycles. The van der Waals surface area contributed by atoms with E-state index in [-0.39, 0.29) is 6.04 Å². The minimum absolute atomic E-state index is 0.0660. The van der Waals surface area contributed by atoms with Crippen molar-refractivity contribution in [3.63, 3.8) is 0 Å². The molecule has 1 fully saturated rings. The largest absolute Gasteiger partial charge is 0.297 e. The molecule has 0 amide bonds. The number of benzene rings is 1.